The Balaban J connectivity index is 0. The van der Waals surface area contributed by atoms with Crippen LogP contribution in [-0.4, -0.2) is 56.2 Å². The topological polar surface area (TPSA) is 37.4 Å². The molecule has 0 aromatic carbocycles. The van der Waals surface area contributed by atoms with Crippen LogP contribution in [0.3, 0.4) is 0 Å². The number of rotatable bonds is 23. The molecule has 0 aromatic heterocycles. The molecule has 0 aliphatic heterocycles. The summed E-state index contributed by atoms with van der Waals surface area (Å²) in [5.41, 5.74) is 5.57. The predicted octanol–water partition coefficient (Wildman–Crippen LogP) is 5.52. The summed E-state index contributed by atoms with van der Waals surface area (Å²) in [6.45, 7) is 6.59. The van der Waals surface area contributed by atoms with Crippen molar-refractivity contribution >= 4 is 15.8 Å². The van der Waals surface area contributed by atoms with E-state index in [1.54, 1.807) is 0 Å². The quantitative estimate of drug-likeness (QED) is 0.0909. The molecule has 0 aliphatic rings. The van der Waals surface area contributed by atoms with Gasteiger partial charge in [-0.2, -0.15) is 0 Å². The van der Waals surface area contributed by atoms with E-state index in [-0.39, 0.29) is 32.8 Å². The van der Waals surface area contributed by atoms with Crippen LogP contribution in [0, 0.1) is 11.3 Å². The smallest absolute Gasteiger partial charge is 1.00 e. The van der Waals surface area contributed by atoms with Gasteiger partial charge in [-0.1, -0.05) is 84.0 Å². The van der Waals surface area contributed by atoms with Crippen LogP contribution in [0.15, 0.2) is 0 Å². The fraction of sp³-hybridized carbons (Fsp3) is 0.926. The molecular weight excluding hydrogens is 526 g/mol. The molecule has 0 saturated carbocycles. The Morgan fingerprint density at radius 3 is 1.32 bits per heavy atom. The number of halogens is 1. The first kappa shape index (κ1) is 36.6. The van der Waals surface area contributed by atoms with Crippen molar-refractivity contribution in [2.75, 3.05) is 46.8 Å². The van der Waals surface area contributed by atoms with Gasteiger partial charge in [0.05, 0.1) is 0 Å². The maximum absolute atomic E-state index is 10.6. The van der Waals surface area contributed by atoms with Crippen molar-refractivity contribution in [1.29, 1.82) is 0 Å². The fourth-order valence-corrected chi connectivity index (χ4v) is 4.91. The molecule has 0 radical (unpaired) electrons. The van der Waals surface area contributed by atoms with Gasteiger partial charge in [0.1, 0.15) is 0 Å². The second kappa shape index (κ2) is 28.0. The predicted molar refractivity (Wildman–Crippen MR) is 145 cm³/mol. The molecule has 4 nitrogen and oxygen atoms in total. The van der Waals surface area contributed by atoms with Crippen molar-refractivity contribution in [2.45, 2.75) is 116 Å². The number of quaternary nitrogens is 1. The van der Waals surface area contributed by atoms with Gasteiger partial charge in [0.2, 0.25) is 0 Å². The van der Waals surface area contributed by atoms with Crippen LogP contribution in [0.5, 0.6) is 0 Å². The molecule has 0 unspecified atom stereocenters. The monoisotopic (exact) mass is 578 g/mol. The molecule has 0 bridgehead atoms. The molecule has 0 atom stereocenters. The van der Waals surface area contributed by atoms with Crippen molar-refractivity contribution in [2.24, 2.45) is 0 Å². The van der Waals surface area contributed by atoms with Crippen LogP contribution >= 0.6 is 15.8 Å². The molecule has 0 fully saturated rings. The average molecular weight is 580 g/mol. The maximum atomic E-state index is 10.6. The molecule has 0 aliphatic carbocycles. The van der Waals surface area contributed by atoms with Crippen LogP contribution in [-0.2, 0) is 9.13 Å². The third-order valence-corrected chi connectivity index (χ3v) is 7.11. The van der Waals surface area contributed by atoms with Gasteiger partial charge >= 0.3 is 125 Å². The third-order valence-electron chi connectivity index (χ3n) is 6.57. The molecule has 200 valence electrons. The van der Waals surface area contributed by atoms with Crippen LogP contribution < -0.4 is 17.0 Å². The van der Waals surface area contributed by atoms with Crippen molar-refractivity contribution in [3.8, 4) is 11.3 Å². The second-order valence-electron chi connectivity index (χ2n) is 10.2. The summed E-state index contributed by atoms with van der Waals surface area (Å²) in [6, 6.07) is 0. The van der Waals surface area contributed by atoms with E-state index in [2.05, 4.69) is 37.2 Å². The van der Waals surface area contributed by atoms with Crippen LogP contribution in [0.4, 0.5) is 0 Å². The van der Waals surface area contributed by atoms with Crippen LogP contribution in [0.2, 0.25) is 0 Å². The van der Waals surface area contributed by atoms with E-state index in [1.165, 1.54) is 109 Å². The molecule has 0 saturated heterocycles. The van der Waals surface area contributed by atoms with Crippen molar-refractivity contribution in [1.82, 2.24) is 4.90 Å². The maximum Gasteiger partial charge on any atom is -1.00 e. The number of hydrogen-bond donors (Lipinski definition) is 0. The van der Waals surface area contributed by atoms with E-state index in [1.807, 2.05) is 0 Å². The Labute approximate surface area is 225 Å². The summed E-state index contributed by atoms with van der Waals surface area (Å²) < 4.78 is 22.3. The molecule has 7 heteroatoms. The number of hydrogen-bond acceptors (Lipinski definition) is 3. The van der Waals surface area contributed by atoms with E-state index in [9.17, 15) is 9.13 Å². The van der Waals surface area contributed by atoms with Gasteiger partial charge in [0.15, 0.2) is 0 Å². The fourth-order valence-electron chi connectivity index (χ4n) is 4.39. The summed E-state index contributed by atoms with van der Waals surface area (Å²) >= 11 is 0. The van der Waals surface area contributed by atoms with E-state index in [0.29, 0.717) is 13.1 Å². The molecule has 0 aromatic rings. The first-order valence-corrected chi connectivity index (χ1v) is 15.3. The summed E-state index contributed by atoms with van der Waals surface area (Å²) in [4.78, 5) is 2.09. The Morgan fingerprint density at radius 1 is 0.588 bits per heavy atom. The molecule has 0 N–H and O–H groups in total. The van der Waals surface area contributed by atoms with Crippen molar-refractivity contribution in [3.63, 3.8) is 0 Å². The third kappa shape index (κ3) is 27.0. The molecule has 0 amide bonds. The summed E-state index contributed by atoms with van der Waals surface area (Å²) in [7, 11) is 4.51. The first-order chi connectivity index (χ1) is 16.1. The number of unbranched alkanes of at least 4 members (excludes halogenated alkanes) is 15. The summed E-state index contributed by atoms with van der Waals surface area (Å²) in [6.07, 6.45) is 23.7. The molecule has 0 spiro atoms. The van der Waals surface area contributed by atoms with Gasteiger partial charge in [-0.15, -0.1) is 0 Å². The second-order valence-corrected chi connectivity index (χ2v) is 11.2. The zero-order valence-electron chi connectivity index (χ0n) is 22.5. The summed E-state index contributed by atoms with van der Waals surface area (Å²) in [5, 5.41) is 0. The van der Waals surface area contributed by atoms with Gasteiger partial charge in [0, 0.05) is 0 Å². The van der Waals surface area contributed by atoms with Gasteiger partial charge in [0.25, 0.3) is 0 Å². The van der Waals surface area contributed by atoms with Crippen LogP contribution in [0.1, 0.15) is 116 Å². The molecule has 34 heavy (non-hydrogen) atoms. The first-order valence-electron chi connectivity index (χ1n) is 13.7. The van der Waals surface area contributed by atoms with Gasteiger partial charge in [-0.3, -0.25) is 0 Å². The standard InChI is InChI=1S/C27H53N2O2P2.BrH/c1-4-5-6-7-8-9-10-11-12-13-14-15-16-17-18-19-24-29(2,3)25-20-21-28(22-26-32-30)23-27-33-31;/h4-25H2,1-3H3;1H/q+1;/p-1. The molecule has 0 rings (SSSR count). The Hall–Kier alpha value is 0.420. The minimum absolute atomic E-state index is 0. The van der Waals surface area contributed by atoms with Crippen LogP contribution in [0.25, 0.3) is 0 Å². The van der Waals surface area contributed by atoms with E-state index in [0.717, 1.165) is 24.0 Å². The van der Waals surface area contributed by atoms with E-state index >= 15 is 0 Å². The normalized spacial score (nSPS) is 11.1. The Kier molecular flexibility index (Phi) is 30.1. The van der Waals surface area contributed by atoms with Gasteiger partial charge in [-0.05, 0) is 0 Å². The number of nitrogens with zero attached hydrogens (tertiary/aromatic N) is 2. The Bertz CT molecular complexity index is 620. The van der Waals surface area contributed by atoms with Crippen molar-refractivity contribution in [3.05, 3.63) is 0 Å². The largest absolute Gasteiger partial charge is 1.00 e. The molecule has 0 heterocycles. The SMILES string of the molecule is CCCCCCCCCCCCCCCCCC[N+](C)(C)CCCN(CC#P=O)CC#P=O.[Br-]. The minimum Gasteiger partial charge on any atom is -1.00 e. The average Bonchev–Trinajstić information content (AvgIpc) is 2.80. The Morgan fingerprint density at radius 2 is 0.941 bits per heavy atom. The zero-order valence-corrected chi connectivity index (χ0v) is 25.9. The minimum atomic E-state index is -0.0647. The van der Waals surface area contributed by atoms with Gasteiger partial charge in [-0.25, -0.2) is 0 Å². The zero-order chi connectivity index (χ0) is 24.5. The van der Waals surface area contributed by atoms with E-state index < -0.39 is 0 Å². The summed E-state index contributed by atoms with van der Waals surface area (Å²) in [5.74, 6) is 0. The molecular formula is C27H53BrN2O2P2. The van der Waals surface area contributed by atoms with Crippen molar-refractivity contribution < 1.29 is 30.6 Å². The van der Waals surface area contributed by atoms with E-state index in [4.69, 9.17) is 0 Å². The van der Waals surface area contributed by atoms with Gasteiger partial charge < -0.3 is 17.0 Å².